The van der Waals surface area contributed by atoms with E-state index in [4.69, 9.17) is 4.74 Å². The van der Waals surface area contributed by atoms with E-state index in [2.05, 4.69) is 47.1 Å². The highest BCUT2D eigenvalue weighted by molar-refractivity contribution is 9.09. The van der Waals surface area contributed by atoms with E-state index < -0.39 is 0 Å². The molecule has 1 atom stereocenters. The van der Waals surface area contributed by atoms with Crippen LogP contribution < -0.4 is 0 Å². The summed E-state index contributed by atoms with van der Waals surface area (Å²) in [4.78, 5) is 0.466. The first-order valence-corrected chi connectivity index (χ1v) is 5.82. The third kappa shape index (κ3) is 4.25. The molecule has 0 spiro atoms. The predicted molar refractivity (Wildman–Crippen MR) is 64.1 cm³/mol. The summed E-state index contributed by atoms with van der Waals surface area (Å²) in [5.41, 5.74) is 2.72. The van der Waals surface area contributed by atoms with Gasteiger partial charge >= 0.3 is 0 Å². The molecule has 1 nitrogen and oxygen atoms in total. The smallest absolute Gasteiger partial charge is 0.0587 e. The molecule has 0 saturated carbocycles. The van der Waals surface area contributed by atoms with Gasteiger partial charge in [-0.1, -0.05) is 45.8 Å². The Balaban J connectivity index is 2.34. The summed E-state index contributed by atoms with van der Waals surface area (Å²) in [6.45, 7) is 2.90. The van der Waals surface area contributed by atoms with Crippen LogP contribution in [0, 0.1) is 6.92 Å². The van der Waals surface area contributed by atoms with Crippen LogP contribution in [0.5, 0.6) is 0 Å². The average Bonchev–Trinajstić information content (AvgIpc) is 2.17. The van der Waals surface area contributed by atoms with Gasteiger partial charge in [-0.05, 0) is 25.3 Å². The molecule has 14 heavy (non-hydrogen) atoms. The molecule has 0 aliphatic heterocycles. The van der Waals surface area contributed by atoms with Crippen molar-refractivity contribution in [3.05, 3.63) is 35.4 Å². The van der Waals surface area contributed by atoms with Crippen LogP contribution in [-0.2, 0) is 11.2 Å². The van der Waals surface area contributed by atoms with Gasteiger partial charge in [0.15, 0.2) is 0 Å². The average molecular weight is 257 g/mol. The molecule has 0 radical (unpaired) electrons. The van der Waals surface area contributed by atoms with Gasteiger partial charge in [-0.3, -0.25) is 0 Å². The molecule has 0 fully saturated rings. The maximum Gasteiger partial charge on any atom is 0.0587 e. The molecule has 78 valence electrons. The predicted octanol–water partition coefficient (Wildman–Crippen LogP) is 3.34. The monoisotopic (exact) mass is 256 g/mol. The first kappa shape index (κ1) is 11.7. The van der Waals surface area contributed by atoms with Crippen molar-refractivity contribution >= 4 is 15.9 Å². The first-order valence-electron chi connectivity index (χ1n) is 4.91. The van der Waals surface area contributed by atoms with Gasteiger partial charge in [0.05, 0.1) is 6.61 Å². The van der Waals surface area contributed by atoms with Crippen molar-refractivity contribution in [2.24, 2.45) is 0 Å². The van der Waals surface area contributed by atoms with Gasteiger partial charge in [-0.25, -0.2) is 0 Å². The van der Waals surface area contributed by atoms with E-state index in [1.807, 2.05) is 0 Å². The van der Waals surface area contributed by atoms with E-state index >= 15 is 0 Å². The fourth-order valence-corrected chi connectivity index (χ4v) is 1.84. The number of ether oxygens (including phenoxy) is 1. The summed E-state index contributed by atoms with van der Waals surface area (Å²) in [5, 5.41) is 0. The van der Waals surface area contributed by atoms with Gasteiger partial charge in [0.2, 0.25) is 0 Å². The Hall–Kier alpha value is -0.340. The van der Waals surface area contributed by atoms with Gasteiger partial charge in [0, 0.05) is 11.9 Å². The molecule has 2 heteroatoms. The lowest BCUT2D eigenvalue weighted by Crippen LogP contribution is -2.07. The van der Waals surface area contributed by atoms with Crippen LogP contribution in [-0.4, -0.2) is 18.5 Å². The van der Waals surface area contributed by atoms with Crippen molar-refractivity contribution < 1.29 is 4.74 Å². The Morgan fingerprint density at radius 3 is 2.50 bits per heavy atom. The van der Waals surface area contributed by atoms with E-state index in [0.717, 1.165) is 19.4 Å². The van der Waals surface area contributed by atoms with Crippen LogP contribution in [0.4, 0.5) is 0 Å². The molecule has 0 aromatic heterocycles. The van der Waals surface area contributed by atoms with Crippen LogP contribution in [0.3, 0.4) is 0 Å². The van der Waals surface area contributed by atoms with E-state index in [1.165, 1.54) is 11.1 Å². The van der Waals surface area contributed by atoms with Crippen LogP contribution in [0.25, 0.3) is 0 Å². The standard InChI is InChI=1S/C12H17BrO/c1-10-3-5-11(6-4-10)7-8-12(13)9-14-2/h3-6,12H,7-9H2,1-2H3. The lowest BCUT2D eigenvalue weighted by atomic mass is 10.1. The number of hydrogen-bond donors (Lipinski definition) is 0. The number of halogens is 1. The molecule has 0 N–H and O–H groups in total. The highest BCUT2D eigenvalue weighted by Gasteiger charge is 2.03. The van der Waals surface area contributed by atoms with Gasteiger partial charge in [0.25, 0.3) is 0 Å². The molecule has 0 aliphatic carbocycles. The summed E-state index contributed by atoms with van der Waals surface area (Å²) in [5.74, 6) is 0. The first-order chi connectivity index (χ1) is 6.72. The second-order valence-electron chi connectivity index (χ2n) is 3.58. The minimum absolute atomic E-state index is 0.466. The van der Waals surface area contributed by atoms with Gasteiger partial charge in [0.1, 0.15) is 0 Å². The summed E-state index contributed by atoms with van der Waals surface area (Å²) in [6.07, 6.45) is 2.23. The minimum Gasteiger partial charge on any atom is -0.384 e. The second-order valence-corrected chi connectivity index (χ2v) is 4.87. The highest BCUT2D eigenvalue weighted by Crippen LogP contribution is 2.12. The third-order valence-electron chi connectivity index (χ3n) is 2.21. The molecule has 0 saturated heterocycles. The molecule has 1 aromatic rings. The minimum atomic E-state index is 0.466. The Morgan fingerprint density at radius 1 is 1.29 bits per heavy atom. The Morgan fingerprint density at radius 2 is 1.93 bits per heavy atom. The molecule has 1 unspecified atom stereocenters. The van der Waals surface area contributed by atoms with Crippen LogP contribution >= 0.6 is 15.9 Å². The van der Waals surface area contributed by atoms with Crippen molar-refractivity contribution in [3.63, 3.8) is 0 Å². The van der Waals surface area contributed by atoms with Crippen molar-refractivity contribution in [3.8, 4) is 0 Å². The zero-order valence-corrected chi connectivity index (χ0v) is 10.4. The Labute approximate surface area is 94.6 Å². The topological polar surface area (TPSA) is 9.23 Å². The molecule has 0 amide bonds. The Bertz CT molecular complexity index is 256. The fraction of sp³-hybridized carbons (Fsp3) is 0.500. The van der Waals surface area contributed by atoms with E-state index in [-0.39, 0.29) is 0 Å². The van der Waals surface area contributed by atoms with Crippen molar-refractivity contribution in [1.82, 2.24) is 0 Å². The quantitative estimate of drug-likeness (QED) is 0.735. The van der Waals surface area contributed by atoms with Crippen LogP contribution in [0.15, 0.2) is 24.3 Å². The number of rotatable bonds is 5. The van der Waals surface area contributed by atoms with E-state index in [0.29, 0.717) is 4.83 Å². The van der Waals surface area contributed by atoms with Gasteiger partial charge < -0.3 is 4.74 Å². The zero-order chi connectivity index (χ0) is 10.4. The lowest BCUT2D eigenvalue weighted by molar-refractivity contribution is 0.198. The number of hydrogen-bond acceptors (Lipinski definition) is 1. The van der Waals surface area contributed by atoms with Crippen molar-refractivity contribution in [2.45, 2.75) is 24.6 Å². The summed E-state index contributed by atoms with van der Waals surface area (Å²) in [6, 6.07) is 8.72. The molecule has 0 heterocycles. The van der Waals surface area contributed by atoms with E-state index in [9.17, 15) is 0 Å². The molecular weight excluding hydrogens is 240 g/mol. The SMILES string of the molecule is COCC(Br)CCc1ccc(C)cc1. The van der Waals surface area contributed by atoms with Crippen molar-refractivity contribution in [2.75, 3.05) is 13.7 Å². The summed E-state index contributed by atoms with van der Waals surface area (Å²) >= 11 is 3.58. The molecule has 1 aromatic carbocycles. The maximum atomic E-state index is 5.06. The molecular formula is C12H17BrO. The number of aryl methyl sites for hydroxylation is 2. The number of benzene rings is 1. The highest BCUT2D eigenvalue weighted by atomic mass is 79.9. The third-order valence-corrected chi connectivity index (χ3v) is 2.94. The normalized spacial score (nSPS) is 12.8. The lowest BCUT2D eigenvalue weighted by Gasteiger charge is -2.08. The van der Waals surface area contributed by atoms with Gasteiger partial charge in [-0.15, -0.1) is 0 Å². The van der Waals surface area contributed by atoms with Crippen molar-refractivity contribution in [1.29, 1.82) is 0 Å². The fourth-order valence-electron chi connectivity index (χ4n) is 1.34. The molecule has 0 aliphatic rings. The number of methoxy groups -OCH3 is 1. The summed E-state index contributed by atoms with van der Waals surface area (Å²) in [7, 11) is 1.74. The molecule has 0 bridgehead atoms. The maximum absolute atomic E-state index is 5.06. The number of alkyl halides is 1. The Kier molecular flexibility index (Phi) is 5.20. The largest absolute Gasteiger partial charge is 0.384 e. The van der Waals surface area contributed by atoms with E-state index in [1.54, 1.807) is 7.11 Å². The molecule has 1 rings (SSSR count). The van der Waals surface area contributed by atoms with Gasteiger partial charge in [-0.2, -0.15) is 0 Å². The summed E-state index contributed by atoms with van der Waals surface area (Å²) < 4.78 is 5.06. The zero-order valence-electron chi connectivity index (χ0n) is 8.79. The second kappa shape index (κ2) is 6.20. The van der Waals surface area contributed by atoms with Crippen LogP contribution in [0.1, 0.15) is 17.5 Å². The van der Waals surface area contributed by atoms with Crippen LogP contribution in [0.2, 0.25) is 0 Å².